The highest BCUT2D eigenvalue weighted by molar-refractivity contribution is 7.99. The van der Waals surface area contributed by atoms with Gasteiger partial charge in [0.1, 0.15) is 0 Å². The van der Waals surface area contributed by atoms with Gasteiger partial charge >= 0.3 is 0 Å². The van der Waals surface area contributed by atoms with Crippen LogP contribution >= 0.6 is 11.8 Å². The summed E-state index contributed by atoms with van der Waals surface area (Å²) in [6, 6.07) is 9.10. The van der Waals surface area contributed by atoms with Crippen LogP contribution in [0.1, 0.15) is 70.3 Å². The molecule has 5 rings (SSSR count). The Bertz CT molecular complexity index is 993. The molecule has 0 saturated heterocycles. The summed E-state index contributed by atoms with van der Waals surface area (Å²) in [5.41, 5.74) is 6.36. The summed E-state index contributed by atoms with van der Waals surface area (Å²) in [7, 11) is 4.17. The van der Waals surface area contributed by atoms with Crippen molar-refractivity contribution in [1.29, 1.82) is 0 Å². The molecule has 4 aliphatic rings. The zero-order valence-electron chi connectivity index (χ0n) is 20.7. The van der Waals surface area contributed by atoms with E-state index in [4.69, 9.17) is 0 Å². The van der Waals surface area contributed by atoms with Crippen LogP contribution in [0, 0.1) is 17.3 Å². The number of aliphatic hydroxyl groups is 1. The molecule has 178 valence electrons. The molecule has 3 nitrogen and oxygen atoms in total. The Balaban J connectivity index is 1.62. The standard InChI is InChI=1S/C29H39NO2S/c1-5-33-18-29(32)15-14-26-24-12-8-20-16-22(31)11-13-23(20)27(24)25(17-28(26,29)2)19-6-9-21(10-7-19)30(3)4/h6-7,9-10,16,24-26,32H,5,8,11-15,17-18H2,1-4H3/t24-,25+,26-,28-,29+/m0/s1. The smallest absolute Gasteiger partial charge is 0.156 e. The highest BCUT2D eigenvalue weighted by Crippen LogP contribution is 2.67. The second kappa shape index (κ2) is 8.61. The van der Waals surface area contributed by atoms with Gasteiger partial charge in [-0.3, -0.25) is 4.79 Å². The molecule has 4 heteroatoms. The van der Waals surface area contributed by atoms with E-state index in [1.807, 2.05) is 17.8 Å². The number of hydrogen-bond donors (Lipinski definition) is 1. The molecule has 0 heterocycles. The van der Waals surface area contributed by atoms with Crippen molar-refractivity contribution < 1.29 is 9.90 Å². The lowest BCUT2D eigenvalue weighted by atomic mass is 9.51. The van der Waals surface area contributed by atoms with Crippen molar-refractivity contribution in [2.75, 3.05) is 30.5 Å². The van der Waals surface area contributed by atoms with Crippen LogP contribution in [-0.2, 0) is 4.79 Å². The minimum Gasteiger partial charge on any atom is -0.388 e. The van der Waals surface area contributed by atoms with E-state index in [-0.39, 0.29) is 5.41 Å². The predicted octanol–water partition coefficient (Wildman–Crippen LogP) is 6.14. The molecule has 0 aromatic heterocycles. The minimum atomic E-state index is -0.588. The Labute approximate surface area is 203 Å². The van der Waals surface area contributed by atoms with Gasteiger partial charge in [0.2, 0.25) is 0 Å². The van der Waals surface area contributed by atoms with E-state index in [0.29, 0.717) is 30.0 Å². The van der Waals surface area contributed by atoms with Crippen molar-refractivity contribution >= 4 is 23.2 Å². The lowest BCUT2D eigenvalue weighted by Gasteiger charge is -2.55. The first-order chi connectivity index (χ1) is 15.8. The summed E-state index contributed by atoms with van der Waals surface area (Å²) in [4.78, 5) is 14.4. The van der Waals surface area contributed by atoms with E-state index in [0.717, 1.165) is 50.0 Å². The molecule has 1 N–H and O–H groups in total. The summed E-state index contributed by atoms with van der Waals surface area (Å²) < 4.78 is 0. The maximum atomic E-state index is 12.2. The number of thioether (sulfide) groups is 1. The molecule has 2 saturated carbocycles. The maximum Gasteiger partial charge on any atom is 0.156 e. The van der Waals surface area contributed by atoms with Gasteiger partial charge in [0.15, 0.2) is 5.78 Å². The van der Waals surface area contributed by atoms with Crippen LogP contribution in [0.5, 0.6) is 0 Å². The van der Waals surface area contributed by atoms with Crippen molar-refractivity contribution in [3.8, 4) is 0 Å². The number of allylic oxidation sites excluding steroid dienone is 4. The summed E-state index contributed by atoms with van der Waals surface area (Å²) in [5.74, 6) is 3.60. The third-order valence-corrected chi connectivity index (χ3v) is 10.5. The number of carbonyl (C=O) groups excluding carboxylic acids is 1. The van der Waals surface area contributed by atoms with Crippen molar-refractivity contribution in [3.05, 3.63) is 52.6 Å². The van der Waals surface area contributed by atoms with Crippen LogP contribution in [-0.4, -0.2) is 42.1 Å². The Morgan fingerprint density at radius 3 is 2.58 bits per heavy atom. The zero-order valence-corrected chi connectivity index (χ0v) is 21.5. The Morgan fingerprint density at radius 1 is 1.12 bits per heavy atom. The third-order valence-electron chi connectivity index (χ3n) is 9.41. The average Bonchev–Trinajstić information content (AvgIpc) is 3.07. The van der Waals surface area contributed by atoms with Gasteiger partial charge in [-0.25, -0.2) is 0 Å². The lowest BCUT2D eigenvalue weighted by molar-refractivity contribution is -0.114. The van der Waals surface area contributed by atoms with E-state index < -0.39 is 5.60 Å². The molecule has 33 heavy (non-hydrogen) atoms. The molecular formula is C29H39NO2S. The summed E-state index contributed by atoms with van der Waals surface area (Å²) in [6.07, 6.45) is 8.72. The van der Waals surface area contributed by atoms with Gasteiger partial charge < -0.3 is 10.0 Å². The zero-order chi connectivity index (χ0) is 23.4. The molecule has 0 unspecified atom stereocenters. The number of fused-ring (bicyclic) bond motifs is 4. The van der Waals surface area contributed by atoms with Crippen LogP contribution < -0.4 is 4.90 Å². The van der Waals surface area contributed by atoms with Crippen LogP contribution in [0.3, 0.4) is 0 Å². The number of anilines is 1. The summed E-state index contributed by atoms with van der Waals surface area (Å²) >= 11 is 1.89. The number of ketones is 1. The fraction of sp³-hybridized carbons (Fsp3) is 0.621. The average molecular weight is 466 g/mol. The summed E-state index contributed by atoms with van der Waals surface area (Å²) in [6.45, 7) is 4.60. The number of benzene rings is 1. The number of nitrogens with zero attached hydrogens (tertiary/aromatic N) is 1. The molecule has 0 radical (unpaired) electrons. The molecule has 0 spiro atoms. The first-order valence-corrected chi connectivity index (χ1v) is 14.0. The fourth-order valence-electron chi connectivity index (χ4n) is 7.57. The highest BCUT2D eigenvalue weighted by Gasteiger charge is 2.62. The number of carbonyl (C=O) groups is 1. The second-order valence-electron chi connectivity index (χ2n) is 11.2. The van der Waals surface area contributed by atoms with Gasteiger partial charge in [0, 0.05) is 43.3 Å². The Morgan fingerprint density at radius 2 is 1.88 bits per heavy atom. The van der Waals surface area contributed by atoms with E-state index in [9.17, 15) is 9.90 Å². The van der Waals surface area contributed by atoms with Gasteiger partial charge in [0.05, 0.1) is 5.60 Å². The van der Waals surface area contributed by atoms with Gasteiger partial charge in [-0.1, -0.05) is 31.6 Å². The molecule has 0 amide bonds. The lowest BCUT2D eigenvalue weighted by Crippen LogP contribution is -2.53. The van der Waals surface area contributed by atoms with Crippen molar-refractivity contribution in [3.63, 3.8) is 0 Å². The molecule has 0 bridgehead atoms. The van der Waals surface area contributed by atoms with Crippen LogP contribution in [0.25, 0.3) is 0 Å². The third kappa shape index (κ3) is 3.72. The van der Waals surface area contributed by atoms with E-state index in [2.05, 4.69) is 57.1 Å². The van der Waals surface area contributed by atoms with Crippen LogP contribution in [0.4, 0.5) is 5.69 Å². The van der Waals surface area contributed by atoms with Crippen LogP contribution in [0.2, 0.25) is 0 Å². The Kier molecular flexibility index (Phi) is 6.06. The Hall–Kier alpha value is -1.52. The monoisotopic (exact) mass is 465 g/mol. The fourth-order valence-corrected chi connectivity index (χ4v) is 8.58. The van der Waals surface area contributed by atoms with E-state index >= 15 is 0 Å². The first kappa shape index (κ1) is 23.2. The molecule has 4 aliphatic carbocycles. The van der Waals surface area contributed by atoms with Gasteiger partial charge in [0.25, 0.3) is 0 Å². The number of hydrogen-bond acceptors (Lipinski definition) is 4. The van der Waals surface area contributed by atoms with Crippen molar-refractivity contribution in [1.82, 2.24) is 0 Å². The highest BCUT2D eigenvalue weighted by atomic mass is 32.2. The molecule has 2 fully saturated rings. The van der Waals surface area contributed by atoms with Crippen molar-refractivity contribution in [2.45, 2.75) is 70.3 Å². The molecule has 1 aromatic carbocycles. The second-order valence-corrected chi connectivity index (χ2v) is 12.5. The van der Waals surface area contributed by atoms with E-state index in [1.54, 1.807) is 5.57 Å². The molecular weight excluding hydrogens is 426 g/mol. The predicted molar refractivity (Wildman–Crippen MR) is 139 cm³/mol. The van der Waals surface area contributed by atoms with E-state index in [1.165, 1.54) is 22.4 Å². The first-order valence-electron chi connectivity index (χ1n) is 12.8. The summed E-state index contributed by atoms with van der Waals surface area (Å²) in [5, 5.41) is 12.0. The SMILES string of the molecule is CCSC[C@]1(O)CC[C@H]2[C@@H]3CCC4=CC(=O)CCC4=C3[C@@H](c3ccc(N(C)C)cc3)C[C@@]21C. The normalized spacial score (nSPS) is 35.6. The number of rotatable bonds is 5. The van der Waals surface area contributed by atoms with Gasteiger partial charge in [-0.2, -0.15) is 11.8 Å². The van der Waals surface area contributed by atoms with Crippen LogP contribution in [0.15, 0.2) is 47.1 Å². The topological polar surface area (TPSA) is 40.5 Å². The quantitative estimate of drug-likeness (QED) is 0.567. The van der Waals surface area contributed by atoms with Gasteiger partial charge in [-0.15, -0.1) is 0 Å². The van der Waals surface area contributed by atoms with Crippen molar-refractivity contribution in [2.24, 2.45) is 17.3 Å². The minimum absolute atomic E-state index is 0.0690. The molecule has 5 atom stereocenters. The van der Waals surface area contributed by atoms with Gasteiger partial charge in [-0.05, 0) is 91.0 Å². The maximum absolute atomic E-state index is 12.2. The molecule has 1 aromatic rings. The largest absolute Gasteiger partial charge is 0.388 e. The molecule has 0 aliphatic heterocycles.